The number of esters is 1. The van der Waals surface area contributed by atoms with E-state index < -0.39 is 126 Å². The molecule has 4 amide bonds. The van der Waals surface area contributed by atoms with E-state index in [2.05, 4.69) is 21.4 Å². The maximum absolute atomic E-state index is 15.4. The molecule has 18 nitrogen and oxygen atoms in total. The Balaban J connectivity index is 1.37. The highest BCUT2D eigenvalue weighted by Gasteiger charge is 2.57. The average molecular weight is 1130 g/mol. The van der Waals surface area contributed by atoms with Crippen molar-refractivity contribution in [3.8, 4) is 5.75 Å². The molecule has 1 aromatic rings. The Morgan fingerprint density at radius 2 is 1.66 bits per heavy atom. The van der Waals surface area contributed by atoms with Crippen LogP contribution in [0.2, 0.25) is 0 Å². The van der Waals surface area contributed by atoms with Gasteiger partial charge in [-0.25, -0.2) is 14.2 Å². The summed E-state index contributed by atoms with van der Waals surface area (Å²) in [6, 6.07) is -2.19. The van der Waals surface area contributed by atoms with Gasteiger partial charge in [0.25, 0.3) is 5.91 Å². The number of hydrogen-bond donors (Lipinski definition) is 9. The number of fused-ring (bicyclic) bond motifs is 2. The third-order valence-electron chi connectivity index (χ3n) is 17.1. The number of amides is 4. The van der Waals surface area contributed by atoms with Gasteiger partial charge in [0.15, 0.2) is 17.4 Å². The maximum Gasteiger partial charge on any atom is 0.325 e. The second kappa shape index (κ2) is 29.6. The van der Waals surface area contributed by atoms with E-state index >= 15 is 4.39 Å². The molecule has 0 radical (unpaired) electrons. The molecule has 9 N–H and O–H groups in total. The number of ketones is 1. The van der Waals surface area contributed by atoms with Crippen molar-refractivity contribution in [3.63, 3.8) is 0 Å². The van der Waals surface area contributed by atoms with Gasteiger partial charge in [-0.15, -0.1) is 0 Å². The molecule has 0 aromatic heterocycles. The Labute approximate surface area is 470 Å². The molecule has 446 valence electrons. The summed E-state index contributed by atoms with van der Waals surface area (Å²) in [5, 5.41) is 65.3. The third-order valence-corrected chi connectivity index (χ3v) is 17.1. The quantitative estimate of drug-likeness (QED) is 0.0755. The summed E-state index contributed by atoms with van der Waals surface area (Å²) < 4.78 is 42.4. The number of allylic oxidation sites excluding steroid dienone is 5. The monoisotopic (exact) mass is 1130 g/mol. The number of carbonyl (C=O) groups is 6. The molecule has 0 saturated carbocycles. The fourth-order valence-electron chi connectivity index (χ4n) is 11.4. The van der Waals surface area contributed by atoms with Crippen LogP contribution >= 0.6 is 0 Å². The zero-order chi connectivity index (χ0) is 59.3. The molecule has 5 rings (SSSR count). The molecule has 0 aliphatic carbocycles. The van der Waals surface area contributed by atoms with Crippen LogP contribution in [0.5, 0.6) is 5.75 Å². The van der Waals surface area contributed by atoms with Crippen molar-refractivity contribution < 1.29 is 72.6 Å². The second-order valence-electron chi connectivity index (χ2n) is 23.4. The molecule has 20 heteroatoms. The molecule has 1 aromatic carbocycles. The molecule has 4 heterocycles. The van der Waals surface area contributed by atoms with Gasteiger partial charge in [-0.2, -0.15) is 0 Å². The standard InChI is InChI=1S/C60H89F2N5O13/c1-11-40-29-35(6)60(65-55(40)74)39(10)52(71)38(9)49(80-60)31-47(70)33(4)19-14-12-15-20-34(5)48-23-17-13-16-22-46(69)37(8)53(72)42(26-24-36(7)68)56(75)64-51(32(2)3)57(76)63-45(30-41-25-27-43(61)54(73)50(41)62)58(77)67-28-18-21-44(66-67)59(78)79-48/h12-13,15-17,20,22,25,27,32-33,35,37-40,42,44-49,51-53,66,69-73H,11,14,18-19,21,23-24,26,28-31H2,1-10H3,(H,63,76)(H,64,75)(H,65,74)/b15-12-,17-13+,22-16+,34-20+/t33-,35-,37-,38-,39-,40-,42+,44?,45-,46-,47-,48-,49+,51-,52-,53+,60+/m0/s1. The van der Waals surface area contributed by atoms with Crippen molar-refractivity contribution in [3.05, 3.63) is 77.4 Å². The van der Waals surface area contributed by atoms with Gasteiger partial charge < -0.3 is 55.8 Å². The second-order valence-corrected chi connectivity index (χ2v) is 23.4. The Bertz CT molecular complexity index is 2450. The largest absolute Gasteiger partial charge is 0.503 e. The van der Waals surface area contributed by atoms with Crippen molar-refractivity contribution in [2.75, 3.05) is 6.54 Å². The number of nitrogens with one attached hydrogen (secondary N) is 4. The molecule has 1 spiro atoms. The number of hydrogen-bond acceptors (Lipinski definition) is 14. The van der Waals surface area contributed by atoms with E-state index in [0.29, 0.717) is 37.7 Å². The minimum atomic E-state index is -1.60. The Hall–Kier alpha value is -5.38. The van der Waals surface area contributed by atoms with Crippen LogP contribution in [0, 0.1) is 59.0 Å². The summed E-state index contributed by atoms with van der Waals surface area (Å²) in [5.74, 6) is -11.3. The predicted molar refractivity (Wildman–Crippen MR) is 295 cm³/mol. The number of piperidine rings is 1. The van der Waals surface area contributed by atoms with E-state index in [1.807, 2.05) is 46.8 Å². The fraction of sp³-hybridized carbons (Fsp3) is 0.667. The summed E-state index contributed by atoms with van der Waals surface area (Å²) in [7, 11) is 0. The third kappa shape index (κ3) is 16.4. The lowest BCUT2D eigenvalue weighted by Crippen LogP contribution is -2.71. The first-order chi connectivity index (χ1) is 37.7. The van der Waals surface area contributed by atoms with Crippen LogP contribution in [-0.4, -0.2) is 133 Å². The fourth-order valence-corrected chi connectivity index (χ4v) is 11.4. The number of cyclic esters (lactones) is 1. The summed E-state index contributed by atoms with van der Waals surface area (Å²) in [6.45, 7) is 17.7. The van der Waals surface area contributed by atoms with Gasteiger partial charge in [-0.1, -0.05) is 104 Å². The van der Waals surface area contributed by atoms with E-state index in [4.69, 9.17) is 9.47 Å². The number of aliphatic hydroxyl groups is 4. The van der Waals surface area contributed by atoms with Crippen molar-refractivity contribution in [2.45, 2.75) is 200 Å². The van der Waals surface area contributed by atoms with Crippen molar-refractivity contribution in [2.24, 2.45) is 47.3 Å². The van der Waals surface area contributed by atoms with Gasteiger partial charge in [0.2, 0.25) is 17.7 Å². The van der Waals surface area contributed by atoms with Crippen LogP contribution in [0.1, 0.15) is 139 Å². The van der Waals surface area contributed by atoms with Gasteiger partial charge in [-0.3, -0.25) is 29.0 Å². The zero-order valence-corrected chi connectivity index (χ0v) is 48.2. The van der Waals surface area contributed by atoms with Crippen LogP contribution in [0.25, 0.3) is 0 Å². The van der Waals surface area contributed by atoms with Gasteiger partial charge in [0.1, 0.15) is 35.7 Å². The first kappa shape index (κ1) is 65.4. The van der Waals surface area contributed by atoms with Gasteiger partial charge >= 0.3 is 5.97 Å². The van der Waals surface area contributed by atoms with E-state index in [1.54, 1.807) is 45.1 Å². The lowest BCUT2D eigenvalue weighted by Gasteiger charge is -2.56. The van der Waals surface area contributed by atoms with E-state index in [-0.39, 0.29) is 85.5 Å². The summed E-state index contributed by atoms with van der Waals surface area (Å²) in [6.07, 6.45) is 8.93. The number of halogens is 2. The number of benzene rings is 1. The molecule has 3 fully saturated rings. The van der Waals surface area contributed by atoms with Crippen molar-refractivity contribution >= 4 is 35.4 Å². The predicted octanol–water partition coefficient (Wildman–Crippen LogP) is 5.69. The van der Waals surface area contributed by atoms with Crippen LogP contribution in [-0.2, 0) is 44.7 Å². The first-order valence-corrected chi connectivity index (χ1v) is 28.6. The topological polar surface area (TPSA) is 273 Å². The Morgan fingerprint density at radius 1 is 0.950 bits per heavy atom. The highest BCUT2D eigenvalue weighted by Crippen LogP contribution is 2.46. The number of aliphatic hydroxyl groups excluding tert-OH is 4. The smallest absolute Gasteiger partial charge is 0.325 e. The Morgan fingerprint density at radius 3 is 2.34 bits per heavy atom. The number of phenols is 1. The van der Waals surface area contributed by atoms with Crippen LogP contribution < -0.4 is 21.4 Å². The molecule has 3 saturated heterocycles. The van der Waals surface area contributed by atoms with Crippen molar-refractivity contribution in [1.82, 2.24) is 26.4 Å². The number of Topliss-reactive ketones (excluding diaryl/α,β-unsaturated/α-hetero) is 1. The van der Waals surface area contributed by atoms with Gasteiger partial charge in [0, 0.05) is 61.8 Å². The van der Waals surface area contributed by atoms with Crippen LogP contribution in [0.3, 0.4) is 0 Å². The van der Waals surface area contributed by atoms with E-state index in [0.717, 1.165) is 17.1 Å². The molecule has 80 heavy (non-hydrogen) atoms. The minimum absolute atomic E-state index is 0.0442. The number of ether oxygens (including phenoxy) is 2. The number of aromatic hydroxyl groups is 1. The minimum Gasteiger partial charge on any atom is -0.503 e. The number of phenolic OH excluding ortho intramolecular Hbond substituents is 1. The SMILES string of the molecule is CC[C@H]1C[C@H](C)[C@@]2(NC1=O)O[C@H](C[C@H](O)[C@@H](C)CC/C=C\C=C(/C)[C@@H]1C/C=C/C=C/[C@H](O)[C@H](C)[C@@H](O)[C@@H](CCC(C)=O)C(=O)N[C@@H](C(C)C)C(=O)N[C@@H](Cc3ccc(F)c(O)c3F)C(=O)N3CCCC(N3)C(=O)O1)[C@H](C)[C@H](O)[C@@H]2C. The van der Waals surface area contributed by atoms with Crippen LogP contribution in [0.4, 0.5) is 8.78 Å². The molecule has 1 unspecified atom stereocenters. The molecular weight excluding hydrogens is 1040 g/mol. The molecule has 4 aliphatic heterocycles. The van der Waals surface area contributed by atoms with Crippen LogP contribution in [0.15, 0.2) is 60.2 Å². The number of rotatable bonds is 15. The first-order valence-electron chi connectivity index (χ1n) is 28.6. The summed E-state index contributed by atoms with van der Waals surface area (Å²) in [4.78, 5) is 82.1. The normalized spacial score (nSPS) is 34.4. The molecule has 2 bridgehead atoms. The molecule has 17 atom stereocenters. The highest BCUT2D eigenvalue weighted by atomic mass is 19.1. The molecular formula is C60H89F2N5O13. The van der Waals surface area contributed by atoms with Crippen molar-refractivity contribution in [1.29, 1.82) is 0 Å². The number of carbonyl (C=O) groups excluding carboxylic acids is 6. The average Bonchev–Trinajstić information content (AvgIpc) is 3.63. The van der Waals surface area contributed by atoms with Gasteiger partial charge in [-0.05, 0) is 87.8 Å². The van der Waals surface area contributed by atoms with Gasteiger partial charge in [0.05, 0.1) is 36.4 Å². The lowest BCUT2D eigenvalue weighted by molar-refractivity contribution is -0.267. The number of hydrazine groups is 1. The van der Waals surface area contributed by atoms with E-state index in [9.17, 15) is 58.7 Å². The maximum atomic E-state index is 15.4. The molecule has 4 aliphatic rings. The zero-order valence-electron chi connectivity index (χ0n) is 48.2. The summed E-state index contributed by atoms with van der Waals surface area (Å²) in [5.41, 5.74) is 2.20. The number of nitrogens with zero attached hydrogens (tertiary/aromatic N) is 1. The highest BCUT2D eigenvalue weighted by molar-refractivity contribution is 5.93. The Kier molecular flexibility index (Phi) is 24.2. The summed E-state index contributed by atoms with van der Waals surface area (Å²) >= 11 is 0. The lowest BCUT2D eigenvalue weighted by atomic mass is 9.69. The van der Waals surface area contributed by atoms with E-state index in [1.165, 1.54) is 19.9 Å².